The number of hydrogen-bond donors (Lipinski definition) is 0. The Bertz CT molecular complexity index is 1220. The molecule has 0 aliphatic heterocycles. The van der Waals surface area contributed by atoms with Crippen LogP contribution >= 0.6 is 0 Å². The molecule has 0 atom stereocenters. The van der Waals surface area contributed by atoms with Gasteiger partial charge in [-0.25, -0.2) is 4.79 Å². The Morgan fingerprint density at radius 3 is 1.95 bits per heavy atom. The zero-order valence-corrected chi connectivity index (χ0v) is 22.2. The summed E-state index contributed by atoms with van der Waals surface area (Å²) in [5.41, 5.74) is 4.34. The minimum absolute atomic E-state index is 0.279. The lowest BCUT2D eigenvalue weighted by molar-refractivity contribution is 0.0726. The lowest BCUT2D eigenvalue weighted by Gasteiger charge is -2.29. The van der Waals surface area contributed by atoms with Gasteiger partial charge in [0.1, 0.15) is 0 Å². The first-order valence-corrected chi connectivity index (χ1v) is 13.7. The predicted molar refractivity (Wildman–Crippen MR) is 147 cm³/mol. The van der Waals surface area contributed by atoms with Gasteiger partial charge in [-0.1, -0.05) is 62.2 Å². The van der Waals surface area contributed by atoms with Gasteiger partial charge < -0.3 is 9.47 Å². The van der Waals surface area contributed by atoms with Crippen molar-refractivity contribution < 1.29 is 23.0 Å². The molecule has 3 aromatic rings. The van der Waals surface area contributed by atoms with E-state index in [0.29, 0.717) is 11.8 Å². The maximum atomic E-state index is 14.4. The standard InChI is InChI=1S/C33H36F2O3/c1-3-5-6-7-23-8-10-24(11-9-23)25-12-14-26(15-13-25)27-16-18-28(19-17-27)33(36)38-30-21-20-29(37-22-4-2)31(34)32(30)35/h4,8-11,16-22,25-26H,3,5-7,12-15H2,1-2H3/b22-4+. The summed E-state index contributed by atoms with van der Waals surface area (Å²) in [5, 5.41) is 0. The summed E-state index contributed by atoms with van der Waals surface area (Å²) >= 11 is 0. The fraction of sp³-hybridized carbons (Fsp3) is 0.364. The first-order chi connectivity index (χ1) is 18.5. The Balaban J connectivity index is 1.31. The second-order valence-corrected chi connectivity index (χ2v) is 10.0. The molecule has 0 radical (unpaired) electrons. The number of halogens is 2. The molecule has 0 unspecified atom stereocenters. The number of carbonyl (C=O) groups is 1. The summed E-state index contributed by atoms with van der Waals surface area (Å²) in [7, 11) is 0. The SMILES string of the molecule is C/C=C/Oc1ccc(OC(=O)c2ccc(C3CCC(c4ccc(CCCCC)cc4)CC3)cc2)c(F)c1F. The average molecular weight is 519 g/mol. The molecule has 0 spiro atoms. The molecule has 0 saturated heterocycles. The van der Waals surface area contributed by atoms with Crippen LogP contribution in [0.2, 0.25) is 0 Å². The van der Waals surface area contributed by atoms with Crippen molar-refractivity contribution in [1.82, 2.24) is 0 Å². The average Bonchev–Trinajstić information content (AvgIpc) is 2.96. The van der Waals surface area contributed by atoms with Crippen LogP contribution in [0.1, 0.15) is 97.7 Å². The Labute approximate surface area is 224 Å². The number of allylic oxidation sites excluding steroid dienone is 1. The van der Waals surface area contributed by atoms with Crippen molar-refractivity contribution in [3.8, 4) is 11.5 Å². The topological polar surface area (TPSA) is 35.5 Å². The van der Waals surface area contributed by atoms with Crippen molar-refractivity contribution in [2.75, 3.05) is 0 Å². The van der Waals surface area contributed by atoms with Crippen molar-refractivity contribution in [3.63, 3.8) is 0 Å². The van der Waals surface area contributed by atoms with E-state index in [1.165, 1.54) is 54.3 Å². The van der Waals surface area contributed by atoms with Gasteiger partial charge in [0.15, 0.2) is 11.5 Å². The zero-order valence-electron chi connectivity index (χ0n) is 22.2. The van der Waals surface area contributed by atoms with Gasteiger partial charge in [-0.15, -0.1) is 0 Å². The third-order valence-electron chi connectivity index (χ3n) is 7.41. The molecule has 3 aromatic carbocycles. The quantitative estimate of drug-likeness (QED) is 0.116. The molecule has 1 fully saturated rings. The summed E-state index contributed by atoms with van der Waals surface area (Å²) in [5.74, 6) is -2.92. The van der Waals surface area contributed by atoms with Crippen LogP contribution in [0.25, 0.3) is 0 Å². The van der Waals surface area contributed by atoms with Crippen LogP contribution in [0.4, 0.5) is 8.78 Å². The number of rotatable bonds is 10. The highest BCUT2D eigenvalue weighted by atomic mass is 19.2. The van der Waals surface area contributed by atoms with Gasteiger partial charge in [0.25, 0.3) is 0 Å². The first-order valence-electron chi connectivity index (χ1n) is 13.7. The Morgan fingerprint density at radius 1 is 0.816 bits per heavy atom. The monoisotopic (exact) mass is 518 g/mol. The number of hydrogen-bond acceptors (Lipinski definition) is 3. The number of ether oxygens (including phenoxy) is 2. The molecule has 5 heteroatoms. The first kappa shape index (κ1) is 27.6. The van der Waals surface area contributed by atoms with E-state index in [4.69, 9.17) is 9.47 Å². The Morgan fingerprint density at radius 2 is 1.37 bits per heavy atom. The zero-order chi connectivity index (χ0) is 26.9. The summed E-state index contributed by atoms with van der Waals surface area (Å²) in [6.45, 7) is 3.92. The van der Waals surface area contributed by atoms with Crippen LogP contribution in [-0.2, 0) is 6.42 Å². The van der Waals surface area contributed by atoms with E-state index in [1.807, 2.05) is 12.1 Å². The van der Waals surface area contributed by atoms with E-state index in [9.17, 15) is 13.6 Å². The summed E-state index contributed by atoms with van der Waals surface area (Å²) in [6.07, 6.45) is 12.2. The van der Waals surface area contributed by atoms with Crippen molar-refractivity contribution in [3.05, 3.63) is 107 Å². The van der Waals surface area contributed by atoms with E-state index in [1.54, 1.807) is 25.1 Å². The van der Waals surface area contributed by atoms with Crippen molar-refractivity contribution in [2.45, 2.75) is 77.0 Å². The summed E-state index contributed by atoms with van der Waals surface area (Å²) < 4.78 is 38.7. The van der Waals surface area contributed by atoms with Crippen molar-refractivity contribution in [1.29, 1.82) is 0 Å². The number of aryl methyl sites for hydroxylation is 1. The minimum Gasteiger partial charge on any atom is -0.462 e. The molecule has 0 amide bonds. The molecule has 3 nitrogen and oxygen atoms in total. The van der Waals surface area contributed by atoms with Crippen LogP contribution in [0.3, 0.4) is 0 Å². The van der Waals surface area contributed by atoms with E-state index in [0.717, 1.165) is 32.1 Å². The van der Waals surface area contributed by atoms with E-state index >= 15 is 0 Å². The molecule has 38 heavy (non-hydrogen) atoms. The smallest absolute Gasteiger partial charge is 0.343 e. The van der Waals surface area contributed by atoms with Gasteiger partial charge in [-0.2, -0.15) is 8.78 Å². The van der Waals surface area contributed by atoms with Crippen LogP contribution < -0.4 is 9.47 Å². The summed E-state index contributed by atoms with van der Waals surface area (Å²) in [6, 6.07) is 18.9. The van der Waals surface area contributed by atoms with E-state index in [-0.39, 0.29) is 11.3 Å². The molecule has 1 aliphatic rings. The second-order valence-electron chi connectivity index (χ2n) is 10.0. The van der Waals surface area contributed by atoms with Crippen molar-refractivity contribution >= 4 is 5.97 Å². The van der Waals surface area contributed by atoms with Gasteiger partial charge in [0.2, 0.25) is 11.6 Å². The molecular formula is C33H36F2O3. The molecular weight excluding hydrogens is 482 g/mol. The van der Waals surface area contributed by atoms with Crippen LogP contribution in [0, 0.1) is 11.6 Å². The lowest BCUT2D eigenvalue weighted by Crippen LogP contribution is -2.13. The molecule has 4 rings (SSSR count). The highest BCUT2D eigenvalue weighted by Crippen LogP contribution is 2.40. The number of unbranched alkanes of at least 4 members (excludes halogenated alkanes) is 2. The fourth-order valence-electron chi connectivity index (χ4n) is 5.17. The molecule has 1 aliphatic carbocycles. The van der Waals surface area contributed by atoms with Gasteiger partial charge in [-0.05, 0) is 98.2 Å². The van der Waals surface area contributed by atoms with Gasteiger partial charge in [-0.3, -0.25) is 0 Å². The molecule has 0 N–H and O–H groups in total. The Kier molecular flexibility index (Phi) is 9.69. The number of carbonyl (C=O) groups excluding carboxylic acids is 1. The molecule has 1 saturated carbocycles. The van der Waals surface area contributed by atoms with Crippen LogP contribution in [0.5, 0.6) is 11.5 Å². The van der Waals surface area contributed by atoms with E-state index in [2.05, 4.69) is 31.2 Å². The van der Waals surface area contributed by atoms with Gasteiger partial charge in [0.05, 0.1) is 11.8 Å². The van der Waals surface area contributed by atoms with E-state index < -0.39 is 23.4 Å². The Hall–Kier alpha value is -3.47. The number of benzene rings is 3. The third-order valence-corrected chi connectivity index (χ3v) is 7.41. The normalized spacial score (nSPS) is 17.5. The fourth-order valence-corrected chi connectivity index (χ4v) is 5.17. The predicted octanol–water partition coefficient (Wildman–Crippen LogP) is 9.27. The summed E-state index contributed by atoms with van der Waals surface area (Å²) in [4.78, 5) is 12.6. The number of esters is 1. The maximum absolute atomic E-state index is 14.4. The minimum atomic E-state index is -1.26. The second kappa shape index (κ2) is 13.4. The third kappa shape index (κ3) is 6.89. The lowest BCUT2D eigenvalue weighted by atomic mass is 9.76. The molecule has 0 bridgehead atoms. The molecule has 0 aromatic heterocycles. The highest BCUT2D eigenvalue weighted by molar-refractivity contribution is 5.91. The largest absolute Gasteiger partial charge is 0.462 e. The van der Waals surface area contributed by atoms with Crippen LogP contribution in [0.15, 0.2) is 73.0 Å². The van der Waals surface area contributed by atoms with Crippen molar-refractivity contribution in [2.24, 2.45) is 0 Å². The highest BCUT2D eigenvalue weighted by Gasteiger charge is 2.24. The maximum Gasteiger partial charge on any atom is 0.343 e. The van der Waals surface area contributed by atoms with Gasteiger partial charge in [0, 0.05) is 0 Å². The molecule has 200 valence electrons. The molecule has 0 heterocycles. The van der Waals surface area contributed by atoms with Crippen LogP contribution in [-0.4, -0.2) is 5.97 Å². The van der Waals surface area contributed by atoms with Gasteiger partial charge >= 0.3 is 5.97 Å².